The summed E-state index contributed by atoms with van der Waals surface area (Å²) < 4.78 is 5.68. The number of benzene rings is 1. The fourth-order valence-corrected chi connectivity index (χ4v) is 2.80. The van der Waals surface area contributed by atoms with E-state index in [1.54, 1.807) is 0 Å². The number of aromatic nitrogens is 2. The minimum Gasteiger partial charge on any atom is -0.492 e. The van der Waals surface area contributed by atoms with Crippen LogP contribution in [0.2, 0.25) is 0 Å². The lowest BCUT2D eigenvalue weighted by atomic mass is 10.3. The number of hydrogen-bond acceptors (Lipinski definition) is 6. The lowest BCUT2D eigenvalue weighted by molar-refractivity contribution is 0.312. The summed E-state index contributed by atoms with van der Waals surface area (Å²) >= 11 is 0. The molecule has 2 aromatic rings. The van der Waals surface area contributed by atoms with Gasteiger partial charge >= 0.3 is 0 Å². The normalized spacial score (nSPS) is 15.4. The number of para-hydroxylation sites is 2. The number of ether oxygens (including phenoxy) is 1. The third-order valence-electron chi connectivity index (χ3n) is 4.10. The van der Waals surface area contributed by atoms with Crippen molar-refractivity contribution in [1.82, 2.24) is 14.9 Å². The Hall–Kier alpha value is -2.34. The highest BCUT2D eigenvalue weighted by Gasteiger charge is 2.16. The zero-order valence-corrected chi connectivity index (χ0v) is 14.6. The van der Waals surface area contributed by atoms with E-state index in [0.717, 1.165) is 55.1 Å². The van der Waals surface area contributed by atoms with Gasteiger partial charge < -0.3 is 19.9 Å². The zero-order chi connectivity index (χ0) is 16.9. The molecule has 6 heteroatoms. The Kier molecular flexibility index (Phi) is 5.15. The van der Waals surface area contributed by atoms with Crippen LogP contribution in [-0.2, 0) is 0 Å². The molecule has 1 aliphatic heterocycles. The second-order valence-corrected chi connectivity index (χ2v) is 6.00. The van der Waals surface area contributed by atoms with E-state index >= 15 is 0 Å². The fraction of sp³-hybridized carbons (Fsp3) is 0.444. The molecule has 1 aromatic carbocycles. The maximum Gasteiger partial charge on any atom is 0.142 e. The first-order valence-corrected chi connectivity index (χ1v) is 8.43. The Morgan fingerprint density at radius 2 is 1.88 bits per heavy atom. The molecule has 0 saturated carbocycles. The highest BCUT2D eigenvalue weighted by atomic mass is 16.5. The van der Waals surface area contributed by atoms with E-state index in [9.17, 15) is 0 Å². The molecular weight excluding hydrogens is 302 g/mol. The number of nitrogens with one attached hydrogen (secondary N) is 1. The largest absolute Gasteiger partial charge is 0.492 e. The number of aryl methyl sites for hydroxylation is 1. The maximum atomic E-state index is 5.68. The third-order valence-corrected chi connectivity index (χ3v) is 4.10. The molecule has 128 valence electrons. The van der Waals surface area contributed by atoms with Crippen LogP contribution < -0.4 is 15.0 Å². The van der Waals surface area contributed by atoms with Gasteiger partial charge in [-0.25, -0.2) is 9.97 Å². The summed E-state index contributed by atoms with van der Waals surface area (Å²) in [6.07, 6.45) is 0. The molecule has 0 bridgehead atoms. The Labute approximate surface area is 143 Å². The Balaban J connectivity index is 1.82. The van der Waals surface area contributed by atoms with Crippen molar-refractivity contribution in [3.8, 4) is 5.75 Å². The first-order valence-electron chi connectivity index (χ1n) is 8.43. The first-order chi connectivity index (χ1) is 11.7. The monoisotopic (exact) mass is 327 g/mol. The Bertz CT molecular complexity index is 683. The summed E-state index contributed by atoms with van der Waals surface area (Å²) in [6.45, 7) is 8.63. The SMILES string of the molecule is CCOc1ccccc1Nc1cc(N2CCN(C)CC2)nc(C)n1. The van der Waals surface area contributed by atoms with Crippen LogP contribution in [0, 0.1) is 6.92 Å². The van der Waals surface area contributed by atoms with Crippen LogP contribution in [0.4, 0.5) is 17.3 Å². The van der Waals surface area contributed by atoms with Gasteiger partial charge in [0.25, 0.3) is 0 Å². The van der Waals surface area contributed by atoms with Crippen LogP contribution in [-0.4, -0.2) is 54.7 Å². The van der Waals surface area contributed by atoms with Crippen LogP contribution in [0.1, 0.15) is 12.7 Å². The average Bonchev–Trinajstić information content (AvgIpc) is 2.57. The van der Waals surface area contributed by atoms with Crippen LogP contribution in [0.5, 0.6) is 5.75 Å². The molecule has 1 N–H and O–H groups in total. The average molecular weight is 327 g/mol. The van der Waals surface area contributed by atoms with Crippen molar-refractivity contribution in [2.45, 2.75) is 13.8 Å². The maximum absolute atomic E-state index is 5.68. The molecule has 2 heterocycles. The lowest BCUT2D eigenvalue weighted by Crippen LogP contribution is -2.44. The van der Waals surface area contributed by atoms with Crippen LogP contribution in [0.25, 0.3) is 0 Å². The molecule has 1 saturated heterocycles. The zero-order valence-electron chi connectivity index (χ0n) is 14.6. The summed E-state index contributed by atoms with van der Waals surface area (Å²) in [5.74, 6) is 3.37. The summed E-state index contributed by atoms with van der Waals surface area (Å²) in [7, 11) is 2.15. The van der Waals surface area contributed by atoms with Gasteiger partial charge in [0, 0.05) is 32.2 Å². The van der Waals surface area contributed by atoms with Gasteiger partial charge in [0.2, 0.25) is 0 Å². The van der Waals surface area contributed by atoms with Gasteiger partial charge in [0.15, 0.2) is 0 Å². The number of likely N-dealkylation sites (N-methyl/N-ethyl adjacent to an activating group) is 1. The second kappa shape index (κ2) is 7.49. The number of rotatable bonds is 5. The lowest BCUT2D eigenvalue weighted by Gasteiger charge is -2.33. The predicted octanol–water partition coefficient (Wildman–Crippen LogP) is 2.68. The summed E-state index contributed by atoms with van der Waals surface area (Å²) in [6, 6.07) is 9.93. The quantitative estimate of drug-likeness (QED) is 0.911. The third kappa shape index (κ3) is 3.94. The summed E-state index contributed by atoms with van der Waals surface area (Å²) in [4.78, 5) is 13.8. The van der Waals surface area contributed by atoms with Crippen molar-refractivity contribution in [2.75, 3.05) is 50.1 Å². The molecule has 1 aliphatic rings. The molecule has 3 rings (SSSR count). The predicted molar refractivity (Wildman–Crippen MR) is 97.4 cm³/mol. The molecule has 0 atom stereocenters. The van der Waals surface area contributed by atoms with Crippen LogP contribution in [0.15, 0.2) is 30.3 Å². The van der Waals surface area contributed by atoms with Gasteiger partial charge in [-0.3, -0.25) is 0 Å². The van der Waals surface area contributed by atoms with Gasteiger partial charge in [-0.1, -0.05) is 12.1 Å². The number of piperazine rings is 1. The molecule has 6 nitrogen and oxygen atoms in total. The van der Waals surface area contributed by atoms with E-state index < -0.39 is 0 Å². The molecule has 0 aliphatic carbocycles. The molecule has 1 fully saturated rings. The van der Waals surface area contributed by atoms with E-state index in [-0.39, 0.29) is 0 Å². The van der Waals surface area contributed by atoms with Crippen molar-refractivity contribution < 1.29 is 4.74 Å². The van der Waals surface area contributed by atoms with Crippen LogP contribution in [0.3, 0.4) is 0 Å². The van der Waals surface area contributed by atoms with E-state index in [4.69, 9.17) is 4.74 Å². The Morgan fingerprint density at radius 1 is 1.12 bits per heavy atom. The fourth-order valence-electron chi connectivity index (χ4n) is 2.80. The van der Waals surface area contributed by atoms with Gasteiger partial charge in [-0.2, -0.15) is 0 Å². The van der Waals surface area contributed by atoms with E-state index in [0.29, 0.717) is 6.61 Å². The minimum atomic E-state index is 0.633. The smallest absolute Gasteiger partial charge is 0.142 e. The summed E-state index contributed by atoms with van der Waals surface area (Å²) in [5.41, 5.74) is 0.918. The van der Waals surface area contributed by atoms with Gasteiger partial charge in [0.1, 0.15) is 23.2 Å². The van der Waals surface area contributed by atoms with Crippen molar-refractivity contribution in [3.05, 3.63) is 36.2 Å². The van der Waals surface area contributed by atoms with E-state index in [2.05, 4.69) is 32.1 Å². The molecule has 1 aromatic heterocycles. The van der Waals surface area contributed by atoms with E-state index in [1.807, 2.05) is 44.2 Å². The summed E-state index contributed by atoms with van der Waals surface area (Å²) in [5, 5.41) is 3.37. The van der Waals surface area contributed by atoms with Gasteiger partial charge in [-0.05, 0) is 33.0 Å². The topological polar surface area (TPSA) is 53.5 Å². The standard InChI is InChI=1S/C18H25N5O/c1-4-24-16-8-6-5-7-15(16)21-17-13-18(20-14(2)19-17)23-11-9-22(3)10-12-23/h5-8,13H,4,9-12H2,1-3H3,(H,19,20,21). The number of nitrogens with zero attached hydrogens (tertiary/aromatic N) is 4. The molecular formula is C18H25N5O. The van der Waals surface area contributed by atoms with Crippen molar-refractivity contribution in [3.63, 3.8) is 0 Å². The number of anilines is 3. The van der Waals surface area contributed by atoms with Crippen molar-refractivity contribution in [1.29, 1.82) is 0 Å². The number of hydrogen-bond donors (Lipinski definition) is 1. The highest BCUT2D eigenvalue weighted by Crippen LogP contribution is 2.28. The molecule has 0 spiro atoms. The van der Waals surface area contributed by atoms with Crippen LogP contribution >= 0.6 is 0 Å². The molecule has 0 unspecified atom stereocenters. The minimum absolute atomic E-state index is 0.633. The van der Waals surface area contributed by atoms with Gasteiger partial charge in [-0.15, -0.1) is 0 Å². The van der Waals surface area contributed by atoms with E-state index in [1.165, 1.54) is 0 Å². The highest BCUT2D eigenvalue weighted by molar-refractivity contribution is 5.65. The second-order valence-electron chi connectivity index (χ2n) is 6.00. The molecule has 24 heavy (non-hydrogen) atoms. The Morgan fingerprint density at radius 3 is 2.62 bits per heavy atom. The van der Waals surface area contributed by atoms with Crippen molar-refractivity contribution >= 4 is 17.3 Å². The molecule has 0 amide bonds. The molecule has 0 radical (unpaired) electrons. The first kappa shape index (κ1) is 16.5. The van der Waals surface area contributed by atoms with Gasteiger partial charge in [0.05, 0.1) is 12.3 Å². The van der Waals surface area contributed by atoms with Crippen molar-refractivity contribution in [2.24, 2.45) is 0 Å².